The van der Waals surface area contributed by atoms with Gasteiger partial charge in [-0.25, -0.2) is 4.98 Å². The number of nitrogens with zero attached hydrogens (tertiary/aromatic N) is 2. The molecule has 0 fully saturated rings. The predicted octanol–water partition coefficient (Wildman–Crippen LogP) is 3.02. The van der Waals surface area contributed by atoms with Crippen LogP contribution in [0.2, 0.25) is 0 Å². The van der Waals surface area contributed by atoms with E-state index in [-0.39, 0.29) is 6.54 Å². The Morgan fingerprint density at radius 1 is 1.21 bits per heavy atom. The monoisotopic (exact) mass is 271 g/mol. The van der Waals surface area contributed by atoms with Gasteiger partial charge >= 0.3 is 6.18 Å². The molecule has 0 unspecified atom stereocenters. The first kappa shape index (κ1) is 13.9. The zero-order valence-electron chi connectivity index (χ0n) is 10.9. The minimum atomic E-state index is -4.45. The van der Waals surface area contributed by atoms with Gasteiger partial charge in [-0.3, -0.25) is 0 Å². The molecule has 6 heteroatoms. The minimum Gasteiger partial charge on any atom is -0.330 e. The van der Waals surface area contributed by atoms with Gasteiger partial charge < -0.3 is 10.3 Å². The Morgan fingerprint density at radius 2 is 1.84 bits per heavy atom. The third-order valence-electron chi connectivity index (χ3n) is 3.20. The van der Waals surface area contributed by atoms with Crippen LogP contribution in [-0.4, -0.2) is 16.1 Å². The molecule has 0 radical (unpaired) electrons. The Morgan fingerprint density at radius 3 is 2.42 bits per heavy atom. The molecule has 0 amide bonds. The molecule has 0 saturated carbocycles. The molecule has 2 aromatic rings. The van der Waals surface area contributed by atoms with Crippen molar-refractivity contribution in [1.29, 1.82) is 0 Å². The zero-order chi connectivity index (χ0) is 14.2. The van der Waals surface area contributed by atoms with Crippen molar-refractivity contribution < 1.29 is 13.2 Å². The topological polar surface area (TPSA) is 43.8 Å². The number of fused-ring (bicyclic) bond motifs is 1. The fraction of sp³-hybridized carbons (Fsp3) is 0.462. The quantitative estimate of drug-likeness (QED) is 0.932. The average molecular weight is 271 g/mol. The van der Waals surface area contributed by atoms with Gasteiger partial charge in [-0.05, 0) is 50.1 Å². The summed E-state index contributed by atoms with van der Waals surface area (Å²) < 4.78 is 40.2. The van der Waals surface area contributed by atoms with E-state index in [2.05, 4.69) is 4.98 Å². The molecular formula is C13H16F3N3. The van der Waals surface area contributed by atoms with Crippen molar-refractivity contribution in [1.82, 2.24) is 9.55 Å². The van der Waals surface area contributed by atoms with E-state index in [1.54, 1.807) is 12.1 Å². The number of aryl methyl sites for hydroxylation is 3. The first-order valence-corrected chi connectivity index (χ1v) is 6.09. The third kappa shape index (κ3) is 2.58. The number of rotatable bonds is 3. The van der Waals surface area contributed by atoms with Crippen LogP contribution in [0.25, 0.3) is 11.0 Å². The van der Waals surface area contributed by atoms with Gasteiger partial charge in [0, 0.05) is 6.54 Å². The van der Waals surface area contributed by atoms with Gasteiger partial charge in [0.25, 0.3) is 0 Å². The number of aromatic nitrogens is 2. The van der Waals surface area contributed by atoms with Crippen LogP contribution < -0.4 is 5.73 Å². The molecule has 2 N–H and O–H groups in total. The lowest BCUT2D eigenvalue weighted by Crippen LogP contribution is -2.16. The smallest absolute Gasteiger partial charge is 0.330 e. The normalized spacial score (nSPS) is 12.3. The molecule has 0 aliphatic rings. The van der Waals surface area contributed by atoms with Crippen molar-refractivity contribution >= 4 is 11.0 Å². The van der Waals surface area contributed by atoms with Gasteiger partial charge in [0.1, 0.15) is 0 Å². The van der Waals surface area contributed by atoms with E-state index in [1.807, 2.05) is 13.8 Å². The lowest BCUT2D eigenvalue weighted by molar-refractivity contribution is -0.146. The number of benzene rings is 1. The van der Waals surface area contributed by atoms with E-state index < -0.39 is 12.0 Å². The Kier molecular flexibility index (Phi) is 3.54. The van der Waals surface area contributed by atoms with Gasteiger partial charge in [-0.2, -0.15) is 13.2 Å². The number of hydrogen-bond donors (Lipinski definition) is 1. The molecule has 1 aromatic carbocycles. The number of nitrogens with two attached hydrogens (primary N) is 1. The molecular weight excluding hydrogens is 255 g/mol. The molecule has 104 valence electrons. The molecule has 1 aromatic heterocycles. The SMILES string of the molecule is Cc1cc2nc(C(F)(F)F)n(CCCN)c2cc1C. The Hall–Kier alpha value is -1.56. The number of hydrogen-bond acceptors (Lipinski definition) is 2. The molecule has 0 aliphatic carbocycles. The highest BCUT2D eigenvalue weighted by Gasteiger charge is 2.37. The van der Waals surface area contributed by atoms with Gasteiger partial charge in [0.15, 0.2) is 0 Å². The summed E-state index contributed by atoms with van der Waals surface area (Å²) in [6.45, 7) is 4.31. The van der Waals surface area contributed by atoms with E-state index in [4.69, 9.17) is 5.73 Å². The Labute approximate surface area is 109 Å². The maximum atomic E-state index is 13.0. The average Bonchev–Trinajstić information content (AvgIpc) is 2.65. The maximum absolute atomic E-state index is 13.0. The van der Waals surface area contributed by atoms with Crippen molar-refractivity contribution in [2.24, 2.45) is 5.73 Å². The predicted molar refractivity (Wildman–Crippen MR) is 67.9 cm³/mol. The highest BCUT2D eigenvalue weighted by atomic mass is 19.4. The minimum absolute atomic E-state index is 0.227. The molecule has 0 aliphatic heterocycles. The summed E-state index contributed by atoms with van der Waals surface area (Å²) in [7, 11) is 0. The second kappa shape index (κ2) is 4.85. The van der Waals surface area contributed by atoms with E-state index >= 15 is 0 Å². The number of imidazole rings is 1. The van der Waals surface area contributed by atoms with Crippen LogP contribution in [0.5, 0.6) is 0 Å². The van der Waals surface area contributed by atoms with Crippen LogP contribution in [-0.2, 0) is 12.7 Å². The fourth-order valence-corrected chi connectivity index (χ4v) is 2.07. The molecule has 0 atom stereocenters. The second-order valence-electron chi connectivity index (χ2n) is 4.65. The fourth-order valence-electron chi connectivity index (χ4n) is 2.07. The first-order chi connectivity index (χ1) is 8.84. The van der Waals surface area contributed by atoms with E-state index in [0.29, 0.717) is 24.0 Å². The van der Waals surface area contributed by atoms with Crippen LogP contribution in [0.3, 0.4) is 0 Å². The summed E-state index contributed by atoms with van der Waals surface area (Å²) in [5, 5.41) is 0. The largest absolute Gasteiger partial charge is 0.449 e. The second-order valence-corrected chi connectivity index (χ2v) is 4.65. The Bertz CT molecular complexity index is 599. The van der Waals surface area contributed by atoms with Crippen molar-refractivity contribution in [3.8, 4) is 0 Å². The van der Waals surface area contributed by atoms with Crippen molar-refractivity contribution in [3.05, 3.63) is 29.1 Å². The lowest BCUT2D eigenvalue weighted by atomic mass is 10.1. The van der Waals surface area contributed by atoms with Crippen LogP contribution in [0.1, 0.15) is 23.4 Å². The van der Waals surface area contributed by atoms with Crippen LogP contribution in [0.4, 0.5) is 13.2 Å². The summed E-state index contributed by atoms with van der Waals surface area (Å²) in [6, 6.07) is 3.45. The summed E-state index contributed by atoms with van der Waals surface area (Å²) in [5.74, 6) is -0.846. The summed E-state index contributed by atoms with van der Waals surface area (Å²) in [5.41, 5.74) is 8.18. The highest BCUT2D eigenvalue weighted by Crippen LogP contribution is 2.32. The summed E-state index contributed by atoms with van der Waals surface area (Å²) >= 11 is 0. The standard InChI is InChI=1S/C13H16F3N3/c1-8-6-10-11(7-9(8)2)19(5-3-4-17)12(18-10)13(14,15)16/h6-7H,3-5,17H2,1-2H3. The molecule has 1 heterocycles. The first-order valence-electron chi connectivity index (χ1n) is 6.09. The molecule has 3 nitrogen and oxygen atoms in total. The molecule has 0 saturated heterocycles. The van der Waals surface area contributed by atoms with Crippen molar-refractivity contribution in [2.75, 3.05) is 6.54 Å². The Balaban J connectivity index is 2.67. The molecule has 0 spiro atoms. The van der Waals surface area contributed by atoms with Gasteiger partial charge in [-0.1, -0.05) is 0 Å². The van der Waals surface area contributed by atoms with E-state index in [0.717, 1.165) is 11.1 Å². The molecule has 0 bridgehead atoms. The maximum Gasteiger partial charge on any atom is 0.449 e. The lowest BCUT2D eigenvalue weighted by Gasteiger charge is -2.11. The van der Waals surface area contributed by atoms with Crippen molar-refractivity contribution in [3.63, 3.8) is 0 Å². The van der Waals surface area contributed by atoms with Gasteiger partial charge in [0.05, 0.1) is 11.0 Å². The number of alkyl halides is 3. The van der Waals surface area contributed by atoms with Crippen molar-refractivity contribution in [2.45, 2.75) is 33.0 Å². The van der Waals surface area contributed by atoms with Gasteiger partial charge in [-0.15, -0.1) is 0 Å². The van der Waals surface area contributed by atoms with Crippen LogP contribution >= 0.6 is 0 Å². The summed E-state index contributed by atoms with van der Waals surface area (Å²) in [4.78, 5) is 3.74. The van der Waals surface area contributed by atoms with Gasteiger partial charge in [0.2, 0.25) is 5.82 Å². The third-order valence-corrected chi connectivity index (χ3v) is 3.20. The zero-order valence-corrected chi connectivity index (χ0v) is 10.9. The van der Waals surface area contributed by atoms with Crippen LogP contribution in [0.15, 0.2) is 12.1 Å². The van der Waals surface area contributed by atoms with Crippen LogP contribution in [0, 0.1) is 13.8 Å². The molecule has 19 heavy (non-hydrogen) atoms. The van der Waals surface area contributed by atoms with E-state index in [1.165, 1.54) is 4.57 Å². The number of halogens is 3. The molecule has 2 rings (SSSR count). The summed E-state index contributed by atoms with van der Waals surface area (Å²) in [6.07, 6.45) is -3.96. The van der Waals surface area contributed by atoms with E-state index in [9.17, 15) is 13.2 Å². The highest BCUT2D eigenvalue weighted by molar-refractivity contribution is 5.78.